The number of aliphatic hydroxyl groups is 1. The molecule has 1 atom stereocenters. The number of hydroxylamine groups is 2. The van der Waals surface area contributed by atoms with E-state index in [0.717, 1.165) is 0 Å². The monoisotopic (exact) mass is 531 g/mol. The van der Waals surface area contributed by atoms with Crippen LogP contribution in [0, 0.1) is 0 Å². The van der Waals surface area contributed by atoms with Crippen molar-refractivity contribution < 1.29 is 37.5 Å². The van der Waals surface area contributed by atoms with E-state index in [1.54, 1.807) is 18.2 Å². The molecule has 3 rings (SSSR count). The predicted octanol–water partition coefficient (Wildman–Crippen LogP) is 4.35. The van der Waals surface area contributed by atoms with Crippen molar-refractivity contribution in [1.29, 1.82) is 0 Å². The van der Waals surface area contributed by atoms with E-state index in [4.69, 9.17) is 16.7 Å². The third kappa shape index (κ3) is 5.54. The van der Waals surface area contributed by atoms with Crippen molar-refractivity contribution in [2.45, 2.75) is 42.8 Å². The Balaban J connectivity index is 2.02. The summed E-state index contributed by atoms with van der Waals surface area (Å²) in [5, 5.41) is 9.29. The van der Waals surface area contributed by atoms with Crippen LogP contribution in [0.3, 0.4) is 0 Å². The van der Waals surface area contributed by atoms with Gasteiger partial charge in [-0.25, -0.2) is 14.5 Å². The van der Waals surface area contributed by atoms with Crippen LogP contribution >= 0.6 is 23.4 Å². The van der Waals surface area contributed by atoms with Crippen LogP contribution in [0.2, 0.25) is 5.02 Å². The maximum atomic E-state index is 13.5. The Kier molecular flexibility index (Phi) is 7.97. The van der Waals surface area contributed by atoms with Crippen LogP contribution in [-0.2, 0) is 19.8 Å². The van der Waals surface area contributed by atoms with Gasteiger partial charge < -0.3 is 9.94 Å². The number of amides is 3. The average Bonchev–Trinajstić information content (AvgIpc) is 3.04. The van der Waals surface area contributed by atoms with Crippen LogP contribution in [0.5, 0.6) is 0 Å². The summed E-state index contributed by atoms with van der Waals surface area (Å²) in [4.78, 5) is 47.9. The number of urea groups is 1. The van der Waals surface area contributed by atoms with Gasteiger partial charge in [-0.15, -0.1) is 16.8 Å². The Morgan fingerprint density at radius 2 is 1.86 bits per heavy atom. The predicted molar refractivity (Wildman–Crippen MR) is 122 cm³/mol. The standard InChI is InChI=1S/C22H21ClF3N3O5S/c1-21(2,13-6-8-27-9-7-13)17-18(31)28(20(33)29(17)34-19(32)22(24,25)26)14-4-5-16(15(23)12-14)35-11-3-10-30/h4-9,12,17,30H,3,10-11H2,1-2H3. The van der Waals surface area contributed by atoms with Crippen LogP contribution in [-0.4, -0.2) is 57.6 Å². The largest absolute Gasteiger partial charge is 0.493 e. The van der Waals surface area contributed by atoms with Gasteiger partial charge in [-0.05, 0) is 42.3 Å². The van der Waals surface area contributed by atoms with E-state index >= 15 is 0 Å². The van der Waals surface area contributed by atoms with Crippen molar-refractivity contribution in [3.63, 3.8) is 0 Å². The van der Waals surface area contributed by atoms with Crippen LogP contribution < -0.4 is 4.90 Å². The third-order valence-corrected chi connectivity index (χ3v) is 6.91. The van der Waals surface area contributed by atoms with Crippen LogP contribution in [0.4, 0.5) is 23.7 Å². The molecule has 0 bridgehead atoms. The number of imide groups is 1. The number of thioether (sulfide) groups is 1. The second-order valence-corrected chi connectivity index (χ2v) is 9.60. The number of carbonyl (C=O) groups is 3. The van der Waals surface area contributed by atoms with Crippen molar-refractivity contribution in [3.8, 4) is 0 Å². The molecule has 1 N–H and O–H groups in total. The number of halogens is 4. The maximum absolute atomic E-state index is 13.5. The van der Waals surface area contributed by atoms with Crippen molar-refractivity contribution in [1.82, 2.24) is 10.0 Å². The van der Waals surface area contributed by atoms with E-state index in [1.165, 1.54) is 50.1 Å². The Hall–Kier alpha value is -2.83. The number of aromatic nitrogens is 1. The van der Waals surface area contributed by atoms with Gasteiger partial charge in [0, 0.05) is 35.1 Å². The highest BCUT2D eigenvalue weighted by Crippen LogP contribution is 2.40. The number of anilines is 1. The number of hydrogen-bond acceptors (Lipinski definition) is 7. The fourth-order valence-corrected chi connectivity index (χ4v) is 4.72. The molecule has 1 fully saturated rings. The Morgan fingerprint density at radius 1 is 1.20 bits per heavy atom. The van der Waals surface area contributed by atoms with Gasteiger partial charge in [0.1, 0.15) is 0 Å². The summed E-state index contributed by atoms with van der Waals surface area (Å²) in [7, 11) is 0. The lowest BCUT2D eigenvalue weighted by molar-refractivity contribution is -0.232. The van der Waals surface area contributed by atoms with Gasteiger partial charge in [-0.1, -0.05) is 25.4 Å². The Labute approximate surface area is 208 Å². The van der Waals surface area contributed by atoms with Crippen LogP contribution in [0.15, 0.2) is 47.6 Å². The number of carbonyl (C=O) groups excluding carboxylic acids is 3. The molecule has 1 aliphatic rings. The van der Waals surface area contributed by atoms with Crippen molar-refractivity contribution in [2.24, 2.45) is 0 Å². The third-order valence-electron chi connectivity index (χ3n) is 5.32. The first-order chi connectivity index (χ1) is 16.4. The molecule has 0 radical (unpaired) electrons. The first-order valence-electron chi connectivity index (χ1n) is 10.3. The molecule has 1 unspecified atom stereocenters. The normalized spacial score (nSPS) is 16.7. The molecule has 0 aliphatic carbocycles. The van der Waals surface area contributed by atoms with Gasteiger partial charge >= 0.3 is 18.2 Å². The zero-order chi connectivity index (χ0) is 26.0. The lowest BCUT2D eigenvalue weighted by atomic mass is 9.78. The lowest BCUT2D eigenvalue weighted by Crippen LogP contribution is -2.50. The number of hydrogen-bond donors (Lipinski definition) is 1. The Bertz CT molecular complexity index is 1120. The molecule has 13 heteroatoms. The van der Waals surface area contributed by atoms with Crippen LogP contribution in [0.1, 0.15) is 25.8 Å². The minimum atomic E-state index is -5.39. The molecule has 188 valence electrons. The van der Waals surface area contributed by atoms with Gasteiger partial charge in [-0.3, -0.25) is 9.78 Å². The molecule has 35 heavy (non-hydrogen) atoms. The molecular formula is C22H21ClF3N3O5S. The molecule has 0 spiro atoms. The van der Waals surface area contributed by atoms with Crippen molar-refractivity contribution >= 4 is 47.0 Å². The zero-order valence-corrected chi connectivity index (χ0v) is 20.2. The molecule has 3 amide bonds. The summed E-state index contributed by atoms with van der Waals surface area (Å²) in [5.74, 6) is -2.96. The molecule has 1 saturated heterocycles. The van der Waals surface area contributed by atoms with Crippen molar-refractivity contribution in [2.75, 3.05) is 17.3 Å². The average molecular weight is 532 g/mol. The summed E-state index contributed by atoms with van der Waals surface area (Å²) in [6.45, 7) is 3.06. The van der Waals surface area contributed by atoms with Crippen LogP contribution in [0.25, 0.3) is 0 Å². The van der Waals surface area contributed by atoms with Gasteiger partial charge in [-0.2, -0.15) is 13.2 Å². The quantitative estimate of drug-likeness (QED) is 0.307. The fourth-order valence-electron chi connectivity index (χ4n) is 3.53. The highest BCUT2D eigenvalue weighted by molar-refractivity contribution is 7.99. The van der Waals surface area contributed by atoms with Gasteiger partial charge in [0.05, 0.1) is 10.7 Å². The number of benzene rings is 1. The minimum Gasteiger partial charge on any atom is -0.396 e. The smallest absolute Gasteiger partial charge is 0.396 e. The maximum Gasteiger partial charge on any atom is 0.493 e. The van der Waals surface area contributed by atoms with E-state index in [-0.39, 0.29) is 22.4 Å². The van der Waals surface area contributed by atoms with Gasteiger partial charge in [0.25, 0.3) is 5.91 Å². The zero-order valence-electron chi connectivity index (χ0n) is 18.6. The van der Waals surface area contributed by atoms with E-state index < -0.39 is 35.5 Å². The first-order valence-corrected chi connectivity index (χ1v) is 11.7. The summed E-state index contributed by atoms with van der Waals surface area (Å²) < 4.78 is 38.9. The second kappa shape index (κ2) is 10.4. The van der Waals surface area contributed by atoms with Gasteiger partial charge in [0.2, 0.25) is 0 Å². The van der Waals surface area contributed by atoms with Gasteiger partial charge in [0.15, 0.2) is 6.04 Å². The molecule has 8 nitrogen and oxygen atoms in total. The summed E-state index contributed by atoms with van der Waals surface area (Å²) in [5.41, 5.74) is -0.806. The molecule has 1 aromatic heterocycles. The molecule has 2 heterocycles. The first kappa shape index (κ1) is 26.8. The number of aliphatic hydroxyl groups excluding tert-OH is 1. The lowest BCUT2D eigenvalue weighted by Gasteiger charge is -2.33. The second-order valence-electron chi connectivity index (χ2n) is 8.06. The SMILES string of the molecule is CC(C)(c1ccncc1)C1C(=O)N(c2ccc(SCCCO)c(Cl)c2)C(=O)N1OC(=O)C(F)(F)F. The fraction of sp³-hybridized carbons (Fsp3) is 0.364. The number of nitrogens with zero attached hydrogens (tertiary/aromatic N) is 3. The summed E-state index contributed by atoms with van der Waals surface area (Å²) >= 11 is 7.64. The number of pyridine rings is 1. The summed E-state index contributed by atoms with van der Waals surface area (Å²) in [6, 6.07) is 4.49. The highest BCUT2D eigenvalue weighted by Gasteiger charge is 2.57. The molecule has 0 saturated carbocycles. The number of alkyl halides is 3. The number of rotatable bonds is 8. The Morgan fingerprint density at radius 3 is 2.43 bits per heavy atom. The van der Waals surface area contributed by atoms with E-state index in [9.17, 15) is 27.6 Å². The molecular weight excluding hydrogens is 511 g/mol. The topological polar surface area (TPSA) is 100 Å². The molecule has 2 aromatic rings. The highest BCUT2D eigenvalue weighted by atomic mass is 35.5. The van der Waals surface area contributed by atoms with E-state index in [1.807, 2.05) is 0 Å². The molecule has 1 aliphatic heterocycles. The summed E-state index contributed by atoms with van der Waals surface area (Å²) in [6.07, 6.45) is -2.01. The van der Waals surface area contributed by atoms with E-state index in [0.29, 0.717) is 27.5 Å². The van der Waals surface area contributed by atoms with Crippen molar-refractivity contribution in [3.05, 3.63) is 53.3 Å². The van der Waals surface area contributed by atoms with E-state index in [2.05, 4.69) is 9.82 Å². The molecule has 1 aromatic carbocycles. The minimum absolute atomic E-state index is 0.000611.